The molecule has 3 amide bonds. The average molecular weight is 498 g/mol. The van der Waals surface area contributed by atoms with Crippen LogP contribution in [0, 0.1) is 0 Å². The monoisotopic (exact) mass is 497 g/mol. The molecule has 188 valence electrons. The Morgan fingerprint density at radius 1 is 1.00 bits per heavy atom. The van der Waals surface area contributed by atoms with E-state index in [0.717, 1.165) is 30.3 Å². The topological polar surface area (TPSA) is 116 Å². The third-order valence-corrected chi connectivity index (χ3v) is 7.40. The van der Waals surface area contributed by atoms with Gasteiger partial charge in [0.15, 0.2) is 0 Å². The fourth-order valence-corrected chi connectivity index (χ4v) is 5.57. The van der Waals surface area contributed by atoms with Crippen LogP contribution in [0.15, 0.2) is 71.7 Å². The number of amides is 3. The van der Waals surface area contributed by atoms with Crippen LogP contribution in [0.1, 0.15) is 35.3 Å². The standard InChI is InChI=1S/C27H27N7O3/c35-24-11-10-21-22(8-4-9-23(21)30-24)25(36)33-14-5-12-27(33)13-15-32(18-27)26(37)28-16-19-17-29-34(31-19)20-6-2-1-3-7-20/h1-4,6-11,17H,5,12-16,18H2,(H,28,37)(H,30,35). The lowest BCUT2D eigenvalue weighted by molar-refractivity contribution is 0.0612. The first-order chi connectivity index (χ1) is 18.0. The van der Waals surface area contributed by atoms with Crippen molar-refractivity contribution < 1.29 is 9.59 Å². The van der Waals surface area contributed by atoms with Crippen molar-refractivity contribution in [2.45, 2.75) is 31.3 Å². The van der Waals surface area contributed by atoms with Crippen molar-refractivity contribution in [1.29, 1.82) is 0 Å². The summed E-state index contributed by atoms with van der Waals surface area (Å²) in [7, 11) is 0. The Labute approximate surface area is 212 Å². The summed E-state index contributed by atoms with van der Waals surface area (Å²) in [6, 6.07) is 18.0. The van der Waals surface area contributed by atoms with E-state index in [-0.39, 0.29) is 29.6 Å². The summed E-state index contributed by atoms with van der Waals surface area (Å²) in [4.78, 5) is 46.5. The number of H-pyrrole nitrogens is 1. The number of likely N-dealkylation sites (tertiary alicyclic amines) is 2. The van der Waals surface area contributed by atoms with E-state index in [4.69, 9.17) is 0 Å². The number of carbonyl (C=O) groups excluding carboxylic acids is 2. The predicted octanol–water partition coefficient (Wildman–Crippen LogP) is 2.70. The fraction of sp³-hybridized carbons (Fsp3) is 0.296. The first-order valence-electron chi connectivity index (χ1n) is 12.5. The molecule has 10 heteroatoms. The molecule has 2 aromatic carbocycles. The van der Waals surface area contributed by atoms with Crippen LogP contribution in [-0.4, -0.2) is 66.9 Å². The van der Waals surface area contributed by atoms with Crippen molar-refractivity contribution >= 4 is 22.8 Å². The maximum atomic E-state index is 13.7. The van der Waals surface area contributed by atoms with Gasteiger partial charge in [0, 0.05) is 42.2 Å². The minimum atomic E-state index is -0.380. The molecule has 1 spiro atoms. The Morgan fingerprint density at radius 2 is 1.86 bits per heavy atom. The molecule has 1 unspecified atom stereocenters. The van der Waals surface area contributed by atoms with Crippen molar-refractivity contribution in [3.63, 3.8) is 0 Å². The highest BCUT2D eigenvalue weighted by molar-refractivity contribution is 6.06. The number of hydrogen-bond donors (Lipinski definition) is 2. The van der Waals surface area contributed by atoms with E-state index in [1.165, 1.54) is 10.9 Å². The molecule has 2 saturated heterocycles. The van der Waals surface area contributed by atoms with Crippen LogP contribution in [0.2, 0.25) is 0 Å². The van der Waals surface area contributed by atoms with Gasteiger partial charge < -0.3 is 20.1 Å². The van der Waals surface area contributed by atoms with Gasteiger partial charge in [0.1, 0.15) is 5.69 Å². The molecular formula is C27H27N7O3. The zero-order valence-corrected chi connectivity index (χ0v) is 20.3. The third kappa shape index (κ3) is 4.24. The van der Waals surface area contributed by atoms with Crippen LogP contribution in [-0.2, 0) is 6.54 Å². The van der Waals surface area contributed by atoms with Crippen LogP contribution >= 0.6 is 0 Å². The van der Waals surface area contributed by atoms with Crippen LogP contribution in [0.5, 0.6) is 0 Å². The number of benzene rings is 2. The van der Waals surface area contributed by atoms with Gasteiger partial charge in [-0.2, -0.15) is 15.0 Å². The molecule has 2 aromatic heterocycles. The molecule has 1 atom stereocenters. The Bertz CT molecular complexity index is 1530. The summed E-state index contributed by atoms with van der Waals surface area (Å²) >= 11 is 0. The molecule has 4 heterocycles. The second-order valence-corrected chi connectivity index (χ2v) is 9.67. The van der Waals surface area contributed by atoms with E-state index >= 15 is 0 Å². The zero-order chi connectivity index (χ0) is 25.4. The van der Waals surface area contributed by atoms with Crippen LogP contribution in [0.25, 0.3) is 16.6 Å². The van der Waals surface area contributed by atoms with E-state index in [1.54, 1.807) is 35.4 Å². The molecule has 0 bridgehead atoms. The van der Waals surface area contributed by atoms with Gasteiger partial charge in [-0.3, -0.25) is 9.59 Å². The second-order valence-electron chi connectivity index (χ2n) is 9.67. The fourth-order valence-electron chi connectivity index (χ4n) is 5.57. The smallest absolute Gasteiger partial charge is 0.317 e. The number of pyridine rings is 1. The maximum Gasteiger partial charge on any atom is 0.317 e. The normalized spacial score (nSPS) is 19.1. The Kier molecular flexibility index (Phi) is 5.71. The van der Waals surface area contributed by atoms with Crippen LogP contribution < -0.4 is 10.9 Å². The number of para-hydroxylation sites is 1. The first-order valence-corrected chi connectivity index (χ1v) is 12.5. The van der Waals surface area contributed by atoms with Gasteiger partial charge in [-0.1, -0.05) is 24.3 Å². The molecule has 4 aromatic rings. The minimum absolute atomic E-state index is 0.0602. The average Bonchev–Trinajstić information content (AvgIpc) is 3.68. The van der Waals surface area contributed by atoms with E-state index in [2.05, 4.69) is 20.5 Å². The lowest BCUT2D eigenvalue weighted by atomic mass is 9.94. The summed E-state index contributed by atoms with van der Waals surface area (Å²) in [5.74, 6) is -0.0602. The molecule has 2 N–H and O–H groups in total. The summed E-state index contributed by atoms with van der Waals surface area (Å²) in [6.07, 6.45) is 4.13. The lowest BCUT2D eigenvalue weighted by Crippen LogP contribution is -2.50. The second kappa shape index (κ2) is 9.20. The molecule has 0 aliphatic carbocycles. The number of nitrogens with one attached hydrogen (secondary N) is 2. The highest BCUT2D eigenvalue weighted by Gasteiger charge is 2.49. The third-order valence-electron chi connectivity index (χ3n) is 7.40. The van der Waals surface area contributed by atoms with Gasteiger partial charge in [0.25, 0.3) is 5.91 Å². The number of aromatic nitrogens is 4. The summed E-state index contributed by atoms with van der Waals surface area (Å²) in [5, 5.41) is 12.4. The molecule has 37 heavy (non-hydrogen) atoms. The van der Waals surface area contributed by atoms with Gasteiger partial charge in [0.2, 0.25) is 5.56 Å². The summed E-state index contributed by atoms with van der Waals surface area (Å²) < 4.78 is 0. The Hall–Kier alpha value is -4.47. The summed E-state index contributed by atoms with van der Waals surface area (Å²) in [5.41, 5.74) is 2.15. The molecular weight excluding hydrogens is 470 g/mol. The Balaban J connectivity index is 1.13. The lowest BCUT2D eigenvalue weighted by Gasteiger charge is -2.35. The maximum absolute atomic E-state index is 13.7. The number of aromatic amines is 1. The minimum Gasteiger partial charge on any atom is -0.332 e. The number of fused-ring (bicyclic) bond motifs is 1. The van der Waals surface area contributed by atoms with Gasteiger partial charge in [-0.25, -0.2) is 4.79 Å². The van der Waals surface area contributed by atoms with Crippen molar-refractivity contribution in [3.8, 4) is 5.69 Å². The van der Waals surface area contributed by atoms with Crippen molar-refractivity contribution in [2.75, 3.05) is 19.6 Å². The SMILES string of the molecule is O=C(NCc1cnn(-c2ccccc2)n1)N1CCC2(CCCN2C(=O)c2cccc3[nH]c(=O)ccc23)C1. The van der Waals surface area contributed by atoms with E-state index in [1.807, 2.05) is 35.2 Å². The van der Waals surface area contributed by atoms with Crippen LogP contribution in [0.4, 0.5) is 4.79 Å². The number of rotatable bonds is 4. The number of hydrogen-bond acceptors (Lipinski definition) is 5. The number of carbonyl (C=O) groups is 2. The quantitative estimate of drug-likeness (QED) is 0.450. The van der Waals surface area contributed by atoms with E-state index in [0.29, 0.717) is 36.4 Å². The highest BCUT2D eigenvalue weighted by Crippen LogP contribution is 2.39. The summed E-state index contributed by atoms with van der Waals surface area (Å²) in [6.45, 7) is 1.99. The number of urea groups is 1. The molecule has 0 saturated carbocycles. The van der Waals surface area contributed by atoms with Gasteiger partial charge in [-0.05, 0) is 49.6 Å². The zero-order valence-electron chi connectivity index (χ0n) is 20.3. The Morgan fingerprint density at radius 3 is 2.73 bits per heavy atom. The first kappa shape index (κ1) is 23.0. The molecule has 2 fully saturated rings. The van der Waals surface area contributed by atoms with Crippen molar-refractivity contribution in [2.24, 2.45) is 0 Å². The number of nitrogens with zero attached hydrogens (tertiary/aromatic N) is 5. The van der Waals surface area contributed by atoms with Gasteiger partial charge >= 0.3 is 6.03 Å². The predicted molar refractivity (Wildman–Crippen MR) is 137 cm³/mol. The highest BCUT2D eigenvalue weighted by atomic mass is 16.2. The van der Waals surface area contributed by atoms with Crippen molar-refractivity contribution in [3.05, 3.63) is 88.5 Å². The van der Waals surface area contributed by atoms with Crippen molar-refractivity contribution in [1.82, 2.24) is 35.1 Å². The molecule has 0 radical (unpaired) electrons. The van der Waals surface area contributed by atoms with E-state index < -0.39 is 0 Å². The van der Waals surface area contributed by atoms with Crippen LogP contribution in [0.3, 0.4) is 0 Å². The van der Waals surface area contributed by atoms with Gasteiger partial charge in [0.05, 0.1) is 24.0 Å². The molecule has 6 rings (SSSR count). The van der Waals surface area contributed by atoms with E-state index in [9.17, 15) is 14.4 Å². The molecule has 2 aliphatic rings. The van der Waals surface area contributed by atoms with Gasteiger partial charge in [-0.15, -0.1) is 0 Å². The molecule has 2 aliphatic heterocycles. The molecule has 10 nitrogen and oxygen atoms in total. The largest absolute Gasteiger partial charge is 0.332 e.